The van der Waals surface area contributed by atoms with Crippen LogP contribution in [0.1, 0.15) is 56.4 Å². The number of benzene rings is 1. The van der Waals surface area contributed by atoms with E-state index >= 15 is 0 Å². The van der Waals surface area contributed by atoms with Crippen LogP contribution in [0, 0.1) is 25.7 Å². The maximum atomic E-state index is 12.9. The molecule has 0 saturated carbocycles. The van der Waals surface area contributed by atoms with Crippen molar-refractivity contribution in [3.8, 4) is 0 Å². The van der Waals surface area contributed by atoms with E-state index in [0.29, 0.717) is 17.2 Å². The van der Waals surface area contributed by atoms with Gasteiger partial charge in [0, 0.05) is 29.4 Å². The van der Waals surface area contributed by atoms with Gasteiger partial charge in [0.05, 0.1) is 10.9 Å². The molecule has 0 saturated heterocycles. The molecule has 5 nitrogen and oxygen atoms in total. The highest BCUT2D eigenvalue weighted by atomic mass is 32.2. The van der Waals surface area contributed by atoms with Gasteiger partial charge in [0.15, 0.2) is 10.9 Å². The number of carbonyl (C=O) groups is 2. The van der Waals surface area contributed by atoms with Gasteiger partial charge in [-0.1, -0.05) is 39.5 Å². The van der Waals surface area contributed by atoms with Gasteiger partial charge in [0.25, 0.3) is 0 Å². The first-order valence-corrected chi connectivity index (χ1v) is 10.6. The number of nitrogens with zero attached hydrogens (tertiary/aromatic N) is 2. The second kappa shape index (κ2) is 9.41. The lowest BCUT2D eigenvalue weighted by molar-refractivity contribution is -0.118. The number of thioether (sulfide) groups is 1. The van der Waals surface area contributed by atoms with Crippen LogP contribution in [-0.4, -0.2) is 26.5 Å². The van der Waals surface area contributed by atoms with Crippen LogP contribution in [0.4, 0.5) is 5.69 Å². The monoisotopic (exact) mass is 401 g/mol. The summed E-state index contributed by atoms with van der Waals surface area (Å²) in [4.78, 5) is 29.3. The highest BCUT2D eigenvalue weighted by Gasteiger charge is 2.21. The van der Waals surface area contributed by atoms with Crippen molar-refractivity contribution in [1.29, 1.82) is 0 Å². The number of carbonyl (C=O) groups excluding carboxylic acids is 2. The minimum Gasteiger partial charge on any atom is -0.326 e. The Hall–Kier alpha value is -2.08. The summed E-state index contributed by atoms with van der Waals surface area (Å²) in [5.74, 6) is 0.442. The molecule has 1 atom stereocenters. The molecule has 0 bridgehead atoms. The molecular formula is C22H31N3O2S. The Kier molecular flexibility index (Phi) is 7.47. The van der Waals surface area contributed by atoms with Crippen molar-refractivity contribution < 1.29 is 9.59 Å². The molecule has 0 radical (unpaired) electrons. The summed E-state index contributed by atoms with van der Waals surface area (Å²) in [7, 11) is 0. The summed E-state index contributed by atoms with van der Waals surface area (Å²) in [6, 6.07) is 7.09. The van der Waals surface area contributed by atoms with Crippen molar-refractivity contribution in [2.75, 3.05) is 5.32 Å². The standard InChI is InChI=1S/C22H31N3O2S/c1-13(2)12-25-16(6)15(5)23-22(25)28-17(7)20(26)18-8-10-19(11-9-18)24-21(27)14(3)4/h8-11,13-14,17H,12H2,1-7H3,(H,24,27). The molecule has 152 valence electrons. The van der Waals surface area contributed by atoms with Crippen molar-refractivity contribution in [2.45, 2.75) is 65.4 Å². The highest BCUT2D eigenvalue weighted by Crippen LogP contribution is 2.28. The SMILES string of the molecule is Cc1nc(SC(C)C(=O)c2ccc(NC(=O)C(C)C)cc2)n(CC(C)C)c1C. The third kappa shape index (κ3) is 5.47. The Morgan fingerprint density at radius 3 is 2.21 bits per heavy atom. The largest absolute Gasteiger partial charge is 0.326 e. The van der Waals surface area contributed by atoms with Gasteiger partial charge in [-0.3, -0.25) is 9.59 Å². The summed E-state index contributed by atoms with van der Waals surface area (Å²) in [5, 5.41) is 3.49. The number of hydrogen-bond acceptors (Lipinski definition) is 4. The lowest BCUT2D eigenvalue weighted by atomic mass is 10.1. The lowest BCUT2D eigenvalue weighted by Gasteiger charge is -2.15. The van der Waals surface area contributed by atoms with Gasteiger partial charge >= 0.3 is 0 Å². The van der Waals surface area contributed by atoms with Crippen molar-refractivity contribution >= 4 is 29.1 Å². The molecule has 0 fully saturated rings. The zero-order valence-electron chi connectivity index (χ0n) is 17.9. The van der Waals surface area contributed by atoms with Gasteiger partial charge in [-0.2, -0.15) is 0 Å². The zero-order valence-corrected chi connectivity index (χ0v) is 18.7. The Bertz CT molecular complexity index is 838. The summed E-state index contributed by atoms with van der Waals surface area (Å²) in [6.45, 7) is 14.9. The van der Waals surface area contributed by atoms with Crippen LogP contribution in [0.5, 0.6) is 0 Å². The molecule has 2 aromatic rings. The molecule has 1 N–H and O–H groups in total. The van der Waals surface area contributed by atoms with Gasteiger partial charge in [-0.25, -0.2) is 4.98 Å². The molecule has 1 heterocycles. The van der Waals surface area contributed by atoms with Crippen molar-refractivity contribution in [2.24, 2.45) is 11.8 Å². The fourth-order valence-electron chi connectivity index (χ4n) is 2.74. The van der Waals surface area contributed by atoms with E-state index in [4.69, 9.17) is 0 Å². The second-order valence-corrected chi connectivity index (χ2v) is 9.22. The predicted octanol–water partition coefficient (Wildman–Crippen LogP) is 5.11. The Morgan fingerprint density at radius 1 is 1.07 bits per heavy atom. The Labute approximate surface area is 172 Å². The van der Waals surface area contributed by atoms with Gasteiger partial charge in [-0.15, -0.1) is 0 Å². The van der Waals surface area contributed by atoms with Crippen LogP contribution in [0.25, 0.3) is 0 Å². The number of rotatable bonds is 8. The topological polar surface area (TPSA) is 64.0 Å². The zero-order chi connectivity index (χ0) is 21.0. The number of amides is 1. The minimum absolute atomic E-state index is 0.0364. The van der Waals surface area contributed by atoms with E-state index in [1.54, 1.807) is 24.3 Å². The average Bonchev–Trinajstić information content (AvgIpc) is 2.88. The molecule has 0 spiro atoms. The van der Waals surface area contributed by atoms with Crippen LogP contribution in [0.15, 0.2) is 29.4 Å². The van der Waals surface area contributed by atoms with Crippen LogP contribution >= 0.6 is 11.8 Å². The molecule has 1 amide bonds. The first-order chi connectivity index (χ1) is 13.1. The minimum atomic E-state index is -0.247. The van der Waals surface area contributed by atoms with E-state index in [1.165, 1.54) is 11.8 Å². The first kappa shape index (κ1) is 22.2. The first-order valence-electron chi connectivity index (χ1n) is 9.75. The third-order valence-corrected chi connectivity index (χ3v) is 5.67. The quantitative estimate of drug-likeness (QED) is 0.493. The van der Waals surface area contributed by atoms with E-state index in [0.717, 1.165) is 23.1 Å². The molecule has 2 rings (SSSR count). The van der Waals surface area contributed by atoms with E-state index < -0.39 is 0 Å². The maximum absolute atomic E-state index is 12.9. The van der Waals surface area contributed by atoms with Crippen molar-refractivity contribution in [3.63, 3.8) is 0 Å². The molecular weight excluding hydrogens is 370 g/mol. The van der Waals surface area contributed by atoms with Crippen LogP contribution in [0.2, 0.25) is 0 Å². The maximum Gasteiger partial charge on any atom is 0.226 e. The molecule has 0 aliphatic heterocycles. The van der Waals surface area contributed by atoms with E-state index in [9.17, 15) is 9.59 Å². The van der Waals surface area contributed by atoms with Gasteiger partial charge in [-0.05, 0) is 51.0 Å². The lowest BCUT2D eigenvalue weighted by Crippen LogP contribution is -2.18. The fraction of sp³-hybridized carbons (Fsp3) is 0.500. The number of nitrogens with one attached hydrogen (secondary N) is 1. The molecule has 6 heteroatoms. The number of aryl methyl sites for hydroxylation is 1. The molecule has 0 aliphatic carbocycles. The van der Waals surface area contributed by atoms with E-state index in [-0.39, 0.29) is 22.9 Å². The molecule has 1 aromatic heterocycles. The fourth-order valence-corrected chi connectivity index (χ4v) is 3.83. The van der Waals surface area contributed by atoms with E-state index in [2.05, 4.69) is 35.6 Å². The molecule has 1 aromatic carbocycles. The van der Waals surface area contributed by atoms with Crippen LogP contribution in [-0.2, 0) is 11.3 Å². The Morgan fingerprint density at radius 2 is 1.68 bits per heavy atom. The average molecular weight is 402 g/mol. The second-order valence-electron chi connectivity index (χ2n) is 7.92. The highest BCUT2D eigenvalue weighted by molar-refractivity contribution is 8.00. The summed E-state index contributed by atoms with van der Waals surface area (Å²) in [6.07, 6.45) is 0. The van der Waals surface area contributed by atoms with Gasteiger partial charge in [0.2, 0.25) is 5.91 Å². The number of aromatic nitrogens is 2. The molecule has 28 heavy (non-hydrogen) atoms. The van der Waals surface area contributed by atoms with E-state index in [1.807, 2.05) is 27.7 Å². The van der Waals surface area contributed by atoms with Crippen LogP contribution < -0.4 is 5.32 Å². The summed E-state index contributed by atoms with van der Waals surface area (Å²) in [5.41, 5.74) is 3.50. The number of anilines is 1. The Balaban J connectivity index is 2.11. The number of ketones is 1. The predicted molar refractivity (Wildman–Crippen MR) is 116 cm³/mol. The normalized spacial score (nSPS) is 12.5. The third-order valence-electron chi connectivity index (χ3n) is 4.58. The smallest absolute Gasteiger partial charge is 0.226 e. The number of hydrogen-bond donors (Lipinski definition) is 1. The van der Waals surface area contributed by atoms with Gasteiger partial charge < -0.3 is 9.88 Å². The van der Waals surface area contributed by atoms with Crippen molar-refractivity contribution in [1.82, 2.24) is 9.55 Å². The number of imidazole rings is 1. The number of Topliss-reactive ketones (excluding diaryl/α,β-unsaturated/α-hetero) is 1. The summed E-state index contributed by atoms with van der Waals surface area (Å²) < 4.78 is 2.21. The van der Waals surface area contributed by atoms with Crippen LogP contribution in [0.3, 0.4) is 0 Å². The molecule has 1 unspecified atom stereocenters. The summed E-state index contributed by atoms with van der Waals surface area (Å²) >= 11 is 1.50. The van der Waals surface area contributed by atoms with Gasteiger partial charge in [0.1, 0.15) is 0 Å². The van der Waals surface area contributed by atoms with Crippen molar-refractivity contribution in [3.05, 3.63) is 41.2 Å². The molecule has 0 aliphatic rings.